The van der Waals surface area contributed by atoms with Crippen molar-refractivity contribution in [3.8, 4) is 0 Å². The van der Waals surface area contributed by atoms with Crippen LogP contribution < -0.4 is 4.90 Å². The van der Waals surface area contributed by atoms with Crippen LogP contribution in [0.15, 0.2) is 24.3 Å². The summed E-state index contributed by atoms with van der Waals surface area (Å²) in [5.74, 6) is 0. The molecule has 13 heavy (non-hydrogen) atoms. The fourth-order valence-electron chi connectivity index (χ4n) is 1.18. The van der Waals surface area contributed by atoms with Gasteiger partial charge in [-0.3, -0.25) is 0 Å². The van der Waals surface area contributed by atoms with Crippen LogP contribution in [0.4, 0.5) is 5.69 Å². The topological polar surface area (TPSA) is 3.24 Å². The maximum atomic E-state index is 3.06. The first kappa shape index (κ1) is 13.1. The fourth-order valence-corrected chi connectivity index (χ4v) is 1.18. The Bertz CT molecular complexity index is 199. The molecular weight excluding hydrogens is 279 g/mol. The normalized spacial score (nSPS) is 8.69. The quantitative estimate of drug-likeness (QED) is 0.611. The molecule has 0 aromatic heterocycles. The van der Waals surface area contributed by atoms with Crippen LogP contribution in [0.2, 0.25) is 0 Å². The molecule has 1 nitrogen and oxygen atoms in total. The molecule has 0 N–H and O–H groups in total. The Balaban J connectivity index is 0.000000671. The summed E-state index contributed by atoms with van der Waals surface area (Å²) in [7, 11) is 0. The van der Waals surface area contributed by atoms with Gasteiger partial charge in [0.2, 0.25) is 0 Å². The number of hydrogen-bond acceptors (Lipinski definition) is 1. The number of halogens is 1. The number of anilines is 1. The van der Waals surface area contributed by atoms with E-state index in [9.17, 15) is 0 Å². The van der Waals surface area contributed by atoms with Gasteiger partial charge < -0.3 is 4.90 Å². The van der Waals surface area contributed by atoms with E-state index in [0.717, 1.165) is 13.1 Å². The molecule has 0 radical (unpaired) electrons. The van der Waals surface area contributed by atoms with Crippen LogP contribution in [-0.2, 0) is 16.3 Å². The zero-order valence-electron chi connectivity index (χ0n) is 8.26. The van der Waals surface area contributed by atoms with E-state index >= 15 is 0 Å². The summed E-state index contributed by atoms with van der Waals surface area (Å²) in [6.07, 6.45) is 0. The van der Waals surface area contributed by atoms with Gasteiger partial charge in [-0.1, -0.05) is 5.69 Å². The molecule has 0 bridgehead atoms. The van der Waals surface area contributed by atoms with Crippen molar-refractivity contribution in [3.05, 3.63) is 30.3 Å². The predicted octanol–water partition coefficient (Wildman–Crippen LogP) is 3.18. The summed E-state index contributed by atoms with van der Waals surface area (Å²) in [4.78, 5) is 2.31. The summed E-state index contributed by atoms with van der Waals surface area (Å²) in [6, 6.07) is 11.1. The zero-order chi connectivity index (χ0) is 10.1. The monoisotopic (exact) mass is 291 g/mol. The van der Waals surface area contributed by atoms with Gasteiger partial charge in [-0.15, -0.1) is 12.1 Å². The Labute approximate surface area is 97.6 Å². The minimum atomic E-state index is 1.07. The average molecular weight is 294 g/mol. The standard InChI is InChI=1S/C10H14N.BrH.Zn/c1-3-11(4-2)10-8-6-5-7-9-10;;/h6-9H,3-4H2,1-2H3;1H;/q-1;;+2/p-1. The van der Waals surface area contributed by atoms with Crippen LogP contribution in [0.1, 0.15) is 13.8 Å². The zero-order valence-corrected chi connectivity index (χ0v) is 12.8. The first-order valence-electron chi connectivity index (χ1n) is 4.36. The van der Waals surface area contributed by atoms with E-state index in [1.807, 2.05) is 12.1 Å². The predicted molar refractivity (Wildman–Crippen MR) is 57.8 cm³/mol. The molecule has 0 unspecified atom stereocenters. The first-order valence-corrected chi connectivity index (χ1v) is 11.3. The summed E-state index contributed by atoms with van der Waals surface area (Å²) >= 11 is 4.25. The van der Waals surface area contributed by atoms with Gasteiger partial charge in [-0.2, -0.15) is 18.2 Å². The van der Waals surface area contributed by atoms with Gasteiger partial charge in [0.25, 0.3) is 0 Å². The van der Waals surface area contributed by atoms with E-state index in [-0.39, 0.29) is 0 Å². The van der Waals surface area contributed by atoms with Gasteiger partial charge >= 0.3 is 30.0 Å². The second-order valence-corrected chi connectivity index (χ2v) is 2.43. The summed E-state index contributed by atoms with van der Waals surface area (Å²) < 4.78 is 0. The molecule has 0 heterocycles. The van der Waals surface area contributed by atoms with Crippen molar-refractivity contribution in [1.82, 2.24) is 0 Å². The first-order chi connectivity index (χ1) is 6.38. The van der Waals surface area contributed by atoms with E-state index in [1.54, 1.807) is 0 Å². The Kier molecular flexibility index (Phi) is 8.79. The molecule has 1 aromatic carbocycles. The van der Waals surface area contributed by atoms with E-state index in [1.165, 1.54) is 22.0 Å². The van der Waals surface area contributed by atoms with E-state index in [0.29, 0.717) is 0 Å². The molecule has 0 fully saturated rings. The Morgan fingerprint density at radius 2 is 1.69 bits per heavy atom. The van der Waals surface area contributed by atoms with Gasteiger partial charge in [-0.25, -0.2) is 0 Å². The fraction of sp³-hybridized carbons (Fsp3) is 0.400. The molecule has 3 heteroatoms. The van der Waals surface area contributed by atoms with Crippen LogP contribution in [0, 0.1) is 6.07 Å². The van der Waals surface area contributed by atoms with Crippen molar-refractivity contribution < 1.29 is 16.3 Å². The number of hydrogen-bond donors (Lipinski definition) is 0. The summed E-state index contributed by atoms with van der Waals surface area (Å²) in [5, 5.41) is 0. The molecule has 0 amide bonds. The van der Waals surface area contributed by atoms with Gasteiger partial charge in [-0.05, 0) is 13.8 Å². The molecular formula is C10H14BrNZn. The van der Waals surface area contributed by atoms with Gasteiger partial charge in [0.15, 0.2) is 0 Å². The van der Waals surface area contributed by atoms with Crippen molar-refractivity contribution in [1.29, 1.82) is 0 Å². The van der Waals surface area contributed by atoms with Crippen molar-refractivity contribution >= 4 is 19.3 Å². The number of nitrogens with zero attached hydrogens (tertiary/aromatic N) is 1. The number of benzene rings is 1. The molecule has 0 atom stereocenters. The third-order valence-corrected chi connectivity index (χ3v) is 1.83. The van der Waals surface area contributed by atoms with E-state index in [4.69, 9.17) is 0 Å². The molecule has 0 saturated heterocycles. The van der Waals surface area contributed by atoms with Crippen LogP contribution in [-0.4, -0.2) is 13.1 Å². The van der Waals surface area contributed by atoms with Gasteiger partial charge in [0, 0.05) is 13.1 Å². The van der Waals surface area contributed by atoms with Crippen LogP contribution >= 0.6 is 13.6 Å². The Hall–Kier alpha value is 0.123. The molecule has 1 rings (SSSR count). The molecule has 0 aliphatic heterocycles. The second kappa shape index (κ2) is 8.71. The van der Waals surface area contributed by atoms with Crippen LogP contribution in [0.25, 0.3) is 0 Å². The van der Waals surface area contributed by atoms with Crippen molar-refractivity contribution in [2.75, 3.05) is 18.0 Å². The maximum absolute atomic E-state index is 3.06. The number of rotatable bonds is 3. The average Bonchev–Trinajstić information content (AvgIpc) is 2.24. The summed E-state index contributed by atoms with van der Waals surface area (Å²) in [5.41, 5.74) is 1.29. The Morgan fingerprint density at radius 3 is 2.08 bits per heavy atom. The van der Waals surface area contributed by atoms with Crippen molar-refractivity contribution in [2.45, 2.75) is 13.8 Å². The van der Waals surface area contributed by atoms with Crippen molar-refractivity contribution in [2.24, 2.45) is 0 Å². The third kappa shape index (κ3) is 4.78. The second-order valence-electron chi connectivity index (χ2n) is 2.43. The van der Waals surface area contributed by atoms with E-state index < -0.39 is 0 Å². The molecule has 0 aliphatic carbocycles. The summed E-state index contributed by atoms with van der Waals surface area (Å²) in [6.45, 7) is 6.47. The van der Waals surface area contributed by atoms with Crippen LogP contribution in [0.3, 0.4) is 0 Å². The molecule has 0 spiro atoms. The van der Waals surface area contributed by atoms with E-state index in [2.05, 4.69) is 50.6 Å². The van der Waals surface area contributed by atoms with Gasteiger partial charge in [0.1, 0.15) is 0 Å². The molecule has 1 aromatic rings. The minimum absolute atomic E-state index is 1.07. The van der Waals surface area contributed by atoms with Crippen LogP contribution in [0.5, 0.6) is 0 Å². The Morgan fingerprint density at radius 1 is 1.23 bits per heavy atom. The SMILES string of the molecule is CCN(CC)c1cc[c-]cc1.[Zn+][Br]. The van der Waals surface area contributed by atoms with Crippen molar-refractivity contribution in [3.63, 3.8) is 0 Å². The molecule has 0 saturated carbocycles. The van der Waals surface area contributed by atoms with Gasteiger partial charge in [0.05, 0.1) is 0 Å². The third-order valence-electron chi connectivity index (χ3n) is 1.83. The molecule has 68 valence electrons. The molecule has 0 aliphatic rings.